The highest BCUT2D eigenvalue weighted by molar-refractivity contribution is 6.04. The zero-order valence-electron chi connectivity index (χ0n) is 13.4. The number of likely N-dealkylation sites (tertiary alicyclic amines) is 1. The van der Waals surface area contributed by atoms with Crippen LogP contribution in [0.4, 0.5) is 4.79 Å². The van der Waals surface area contributed by atoms with Gasteiger partial charge in [0.2, 0.25) is 0 Å². The number of carbonyl (C=O) groups excluding carboxylic acids is 2. The monoisotopic (exact) mass is 301 g/mol. The van der Waals surface area contributed by atoms with Crippen molar-refractivity contribution < 1.29 is 14.3 Å². The van der Waals surface area contributed by atoms with Crippen LogP contribution in [0.3, 0.4) is 0 Å². The van der Waals surface area contributed by atoms with E-state index in [-0.39, 0.29) is 17.8 Å². The molecule has 0 N–H and O–H groups in total. The number of hydrogen-bond acceptors (Lipinski definition) is 3. The molecule has 1 aromatic rings. The maximum absolute atomic E-state index is 12.0. The molecule has 1 heterocycles. The van der Waals surface area contributed by atoms with Crippen LogP contribution in [0.15, 0.2) is 42.5 Å². The summed E-state index contributed by atoms with van der Waals surface area (Å²) in [6, 6.07) is 9.18. The predicted octanol–water partition coefficient (Wildman–Crippen LogP) is 3.68. The van der Waals surface area contributed by atoms with Crippen LogP contribution in [0.2, 0.25) is 0 Å². The van der Waals surface area contributed by atoms with E-state index >= 15 is 0 Å². The third-order valence-corrected chi connectivity index (χ3v) is 3.45. The van der Waals surface area contributed by atoms with Gasteiger partial charge in [-0.25, -0.2) is 4.79 Å². The van der Waals surface area contributed by atoms with Gasteiger partial charge in [0, 0.05) is 18.7 Å². The van der Waals surface area contributed by atoms with Crippen molar-refractivity contribution in [3.05, 3.63) is 48.0 Å². The molecular formula is C18H23NO3. The van der Waals surface area contributed by atoms with Gasteiger partial charge in [-0.1, -0.05) is 36.4 Å². The summed E-state index contributed by atoms with van der Waals surface area (Å²) < 4.78 is 5.36. The highest BCUT2D eigenvalue weighted by Gasteiger charge is 2.28. The molecule has 0 radical (unpaired) electrons. The third kappa shape index (κ3) is 4.72. The summed E-state index contributed by atoms with van der Waals surface area (Å²) in [6.45, 7) is 6.85. The minimum Gasteiger partial charge on any atom is -0.444 e. The normalized spacial score (nSPS) is 18.7. The van der Waals surface area contributed by atoms with Crippen molar-refractivity contribution in [2.45, 2.75) is 32.8 Å². The highest BCUT2D eigenvalue weighted by Crippen LogP contribution is 2.20. The summed E-state index contributed by atoms with van der Waals surface area (Å²) in [4.78, 5) is 25.7. The van der Waals surface area contributed by atoms with Crippen LogP contribution >= 0.6 is 0 Å². The van der Waals surface area contributed by atoms with Crippen LogP contribution in [-0.4, -0.2) is 35.5 Å². The lowest BCUT2D eigenvalue weighted by Crippen LogP contribution is -2.35. The molecule has 0 bridgehead atoms. The molecule has 1 amide bonds. The molecule has 22 heavy (non-hydrogen) atoms. The molecule has 4 nitrogen and oxygen atoms in total. The molecular weight excluding hydrogens is 278 g/mol. The fourth-order valence-corrected chi connectivity index (χ4v) is 2.36. The Morgan fingerprint density at radius 3 is 2.55 bits per heavy atom. The minimum atomic E-state index is -0.478. The largest absolute Gasteiger partial charge is 0.444 e. The predicted molar refractivity (Wildman–Crippen MR) is 85.8 cm³/mol. The van der Waals surface area contributed by atoms with Gasteiger partial charge in [-0.15, -0.1) is 0 Å². The first-order chi connectivity index (χ1) is 10.3. The Labute approximate surface area is 131 Å². The fraction of sp³-hybridized carbons (Fsp3) is 0.444. The van der Waals surface area contributed by atoms with Crippen LogP contribution in [0.25, 0.3) is 0 Å². The van der Waals surface area contributed by atoms with Gasteiger partial charge in [-0.05, 0) is 39.2 Å². The number of hydrogen-bond donors (Lipinski definition) is 0. The molecule has 0 saturated carbocycles. The average Bonchev–Trinajstić information content (AvgIpc) is 2.93. The highest BCUT2D eigenvalue weighted by atomic mass is 16.6. The Morgan fingerprint density at radius 2 is 1.91 bits per heavy atom. The van der Waals surface area contributed by atoms with Crippen molar-refractivity contribution >= 4 is 11.9 Å². The molecule has 1 unspecified atom stereocenters. The Morgan fingerprint density at radius 1 is 1.23 bits per heavy atom. The first-order valence-electron chi connectivity index (χ1n) is 7.61. The lowest BCUT2D eigenvalue weighted by Gasteiger charge is -2.24. The van der Waals surface area contributed by atoms with Crippen molar-refractivity contribution in [3.8, 4) is 0 Å². The van der Waals surface area contributed by atoms with E-state index in [2.05, 4.69) is 0 Å². The van der Waals surface area contributed by atoms with E-state index in [1.165, 1.54) is 0 Å². The number of allylic oxidation sites excluding steroid dienone is 1. The van der Waals surface area contributed by atoms with Gasteiger partial charge < -0.3 is 9.64 Å². The first-order valence-corrected chi connectivity index (χ1v) is 7.61. The molecule has 118 valence electrons. The quantitative estimate of drug-likeness (QED) is 0.632. The molecule has 0 aliphatic carbocycles. The third-order valence-electron chi connectivity index (χ3n) is 3.45. The molecule has 1 atom stereocenters. The van der Waals surface area contributed by atoms with Gasteiger partial charge >= 0.3 is 6.09 Å². The van der Waals surface area contributed by atoms with Gasteiger partial charge in [0.25, 0.3) is 0 Å². The number of nitrogens with zero attached hydrogens (tertiary/aromatic N) is 1. The summed E-state index contributed by atoms with van der Waals surface area (Å²) in [5, 5.41) is 0. The van der Waals surface area contributed by atoms with Gasteiger partial charge in [0.05, 0.1) is 0 Å². The van der Waals surface area contributed by atoms with E-state index in [0.717, 1.165) is 6.42 Å². The molecule has 4 heteroatoms. The SMILES string of the molecule is CC(C)(C)OC(=O)N1CCC(/C=C/C(=O)c2ccccc2)C1. The van der Waals surface area contributed by atoms with Gasteiger partial charge in [-0.3, -0.25) is 4.79 Å². The van der Waals surface area contributed by atoms with E-state index in [0.29, 0.717) is 18.7 Å². The number of carbonyl (C=O) groups is 2. The van der Waals surface area contributed by atoms with E-state index < -0.39 is 5.60 Å². The lowest BCUT2D eigenvalue weighted by atomic mass is 10.1. The summed E-state index contributed by atoms with van der Waals surface area (Å²) in [5.41, 5.74) is 0.203. The van der Waals surface area contributed by atoms with Crippen molar-refractivity contribution in [1.82, 2.24) is 4.90 Å². The molecule has 1 fully saturated rings. The molecule has 0 aromatic heterocycles. The topological polar surface area (TPSA) is 46.6 Å². The number of rotatable bonds is 3. The minimum absolute atomic E-state index is 0.00341. The van der Waals surface area contributed by atoms with Crippen molar-refractivity contribution in [1.29, 1.82) is 0 Å². The number of amides is 1. The molecule has 1 aromatic carbocycles. The molecule has 1 aliphatic rings. The summed E-state index contributed by atoms with van der Waals surface area (Å²) in [6.07, 6.45) is 4.09. The van der Waals surface area contributed by atoms with Gasteiger partial charge in [-0.2, -0.15) is 0 Å². The van der Waals surface area contributed by atoms with E-state index in [1.54, 1.807) is 23.1 Å². The summed E-state index contributed by atoms with van der Waals surface area (Å²) >= 11 is 0. The van der Waals surface area contributed by atoms with Gasteiger partial charge in [0.15, 0.2) is 5.78 Å². The van der Waals surface area contributed by atoms with E-state index in [9.17, 15) is 9.59 Å². The Bertz CT molecular complexity index is 557. The zero-order chi connectivity index (χ0) is 16.2. The molecule has 0 spiro atoms. The number of ether oxygens (including phenoxy) is 1. The van der Waals surface area contributed by atoms with Crippen molar-refractivity contribution in [3.63, 3.8) is 0 Å². The second-order valence-electron chi connectivity index (χ2n) is 6.56. The zero-order valence-corrected chi connectivity index (χ0v) is 13.4. The summed E-state index contributed by atoms with van der Waals surface area (Å²) in [7, 11) is 0. The molecule has 1 saturated heterocycles. The fourth-order valence-electron chi connectivity index (χ4n) is 2.36. The number of benzene rings is 1. The molecule has 2 rings (SSSR count). The smallest absolute Gasteiger partial charge is 0.410 e. The van der Waals surface area contributed by atoms with E-state index in [4.69, 9.17) is 4.74 Å². The molecule has 1 aliphatic heterocycles. The first kappa shape index (κ1) is 16.3. The van der Waals surface area contributed by atoms with Crippen LogP contribution in [-0.2, 0) is 4.74 Å². The lowest BCUT2D eigenvalue weighted by molar-refractivity contribution is 0.0291. The van der Waals surface area contributed by atoms with Crippen molar-refractivity contribution in [2.24, 2.45) is 5.92 Å². The second-order valence-corrected chi connectivity index (χ2v) is 6.56. The van der Waals surface area contributed by atoms with Crippen LogP contribution in [0.1, 0.15) is 37.6 Å². The Balaban J connectivity index is 1.87. The number of ketones is 1. The average molecular weight is 301 g/mol. The summed E-state index contributed by atoms with van der Waals surface area (Å²) in [5.74, 6) is 0.205. The Hall–Kier alpha value is -2.10. The van der Waals surface area contributed by atoms with Crippen molar-refractivity contribution in [2.75, 3.05) is 13.1 Å². The van der Waals surface area contributed by atoms with Crippen LogP contribution < -0.4 is 0 Å². The second kappa shape index (κ2) is 6.77. The van der Waals surface area contributed by atoms with Gasteiger partial charge in [0.1, 0.15) is 5.60 Å². The standard InChI is InChI=1S/C18H23NO3/c1-18(2,3)22-17(21)19-12-11-14(13-19)9-10-16(20)15-7-5-4-6-8-15/h4-10,14H,11-13H2,1-3H3/b10-9+. The maximum atomic E-state index is 12.0. The van der Waals surface area contributed by atoms with E-state index in [1.807, 2.05) is 45.0 Å². The Kier molecular flexibility index (Phi) is 5.01. The van der Waals surface area contributed by atoms with Crippen LogP contribution in [0, 0.1) is 5.92 Å². The maximum Gasteiger partial charge on any atom is 0.410 e. The van der Waals surface area contributed by atoms with Crippen LogP contribution in [0.5, 0.6) is 0 Å².